The van der Waals surface area contributed by atoms with Crippen LogP contribution in [0.2, 0.25) is 0 Å². The summed E-state index contributed by atoms with van der Waals surface area (Å²) in [6.45, 7) is 1.89. The van der Waals surface area contributed by atoms with Crippen molar-refractivity contribution in [3.8, 4) is 39.7 Å². The number of ether oxygens (including phenoxy) is 2. The first-order chi connectivity index (χ1) is 18.1. The Morgan fingerprint density at radius 2 is 1.70 bits per heavy atom. The lowest BCUT2D eigenvalue weighted by molar-refractivity contribution is 0.0525. The summed E-state index contributed by atoms with van der Waals surface area (Å²) in [6, 6.07) is 17.1. The van der Waals surface area contributed by atoms with Gasteiger partial charge in [0.25, 0.3) is 0 Å². The number of rotatable bonds is 6. The van der Waals surface area contributed by atoms with Gasteiger partial charge in [-0.15, -0.1) is 0 Å². The summed E-state index contributed by atoms with van der Waals surface area (Å²) in [5, 5.41) is 0. The van der Waals surface area contributed by atoms with Crippen molar-refractivity contribution in [2.45, 2.75) is 19.4 Å². The van der Waals surface area contributed by atoms with E-state index in [1.807, 2.05) is 60.8 Å². The largest absolute Gasteiger partial charge is 0.497 e. The number of carbonyl (C=O) groups excluding carboxylic acids is 1. The van der Waals surface area contributed by atoms with Gasteiger partial charge in [0.15, 0.2) is 0 Å². The monoisotopic (exact) mass is 494 g/mol. The summed E-state index contributed by atoms with van der Waals surface area (Å²) in [5.41, 5.74) is 5.43. The summed E-state index contributed by atoms with van der Waals surface area (Å²) < 4.78 is 13.1. The maximum absolute atomic E-state index is 14.3. The average Bonchev–Trinajstić information content (AvgIpc) is 3.71. The number of carbonyl (C=O) groups is 1. The highest BCUT2D eigenvalue weighted by atomic mass is 16.5. The molecule has 1 aliphatic rings. The third-order valence-electron chi connectivity index (χ3n) is 6.89. The van der Waals surface area contributed by atoms with Gasteiger partial charge in [-0.05, 0) is 67.4 Å². The number of hydrogen-bond acceptors (Lipinski definition) is 4. The van der Waals surface area contributed by atoms with Gasteiger partial charge in [0.2, 0.25) is 5.43 Å². The third-order valence-corrected chi connectivity index (χ3v) is 6.89. The number of nitrogens with one attached hydrogen (secondary N) is 3. The summed E-state index contributed by atoms with van der Waals surface area (Å²) >= 11 is 0. The van der Waals surface area contributed by atoms with Crippen LogP contribution in [0.3, 0.4) is 0 Å². The van der Waals surface area contributed by atoms with Crippen molar-refractivity contribution in [1.82, 2.24) is 19.5 Å². The SMILES string of the molecule is CCOC(=O)c1c(-c2ccc[nH]2)n2c(c(-c3ccc[nH]3)c1=O)-c1cc(OC)ccc1CC2c1ccc[nH]1. The third kappa shape index (κ3) is 3.60. The predicted octanol–water partition coefficient (Wildman–Crippen LogP) is 5.16. The van der Waals surface area contributed by atoms with E-state index >= 15 is 0 Å². The molecule has 4 aromatic heterocycles. The molecule has 0 fully saturated rings. The molecule has 3 N–H and O–H groups in total. The van der Waals surface area contributed by atoms with Crippen molar-refractivity contribution in [1.29, 1.82) is 0 Å². The summed E-state index contributed by atoms with van der Waals surface area (Å²) in [6.07, 6.45) is 6.08. The van der Waals surface area contributed by atoms with Gasteiger partial charge in [0.05, 0.1) is 48.1 Å². The molecule has 0 saturated carbocycles. The van der Waals surface area contributed by atoms with Crippen LogP contribution < -0.4 is 10.2 Å². The van der Waals surface area contributed by atoms with E-state index in [-0.39, 0.29) is 18.2 Å². The maximum Gasteiger partial charge on any atom is 0.344 e. The molecule has 1 atom stereocenters. The molecule has 1 unspecified atom stereocenters. The van der Waals surface area contributed by atoms with Crippen LogP contribution in [0.5, 0.6) is 5.75 Å². The predicted molar refractivity (Wildman–Crippen MR) is 141 cm³/mol. The molecule has 1 aromatic carbocycles. The van der Waals surface area contributed by atoms with Crippen molar-refractivity contribution in [2.24, 2.45) is 0 Å². The fourth-order valence-corrected chi connectivity index (χ4v) is 5.32. The molecule has 5 aromatic rings. The first-order valence-electron chi connectivity index (χ1n) is 12.2. The molecule has 186 valence electrons. The second-order valence-electron chi connectivity index (χ2n) is 8.90. The number of aromatic amines is 3. The quantitative estimate of drug-likeness (QED) is 0.284. The molecule has 1 aliphatic heterocycles. The lowest BCUT2D eigenvalue weighted by Crippen LogP contribution is -2.31. The Balaban J connectivity index is 1.84. The van der Waals surface area contributed by atoms with E-state index in [0.717, 1.165) is 16.8 Å². The minimum atomic E-state index is -0.651. The molecule has 8 heteroatoms. The minimum absolute atomic E-state index is 0.000511. The Morgan fingerprint density at radius 3 is 2.35 bits per heavy atom. The Kier molecular flexibility index (Phi) is 5.56. The molecule has 5 heterocycles. The van der Waals surface area contributed by atoms with Crippen molar-refractivity contribution >= 4 is 5.97 Å². The molecule has 37 heavy (non-hydrogen) atoms. The number of nitrogens with zero attached hydrogens (tertiary/aromatic N) is 1. The van der Waals surface area contributed by atoms with Gasteiger partial charge in [0.1, 0.15) is 11.3 Å². The molecule has 0 saturated heterocycles. The van der Waals surface area contributed by atoms with Crippen LogP contribution in [0, 0.1) is 0 Å². The van der Waals surface area contributed by atoms with Gasteiger partial charge in [-0.1, -0.05) is 6.07 Å². The van der Waals surface area contributed by atoms with Crippen LogP contribution in [0.4, 0.5) is 0 Å². The second-order valence-corrected chi connectivity index (χ2v) is 8.90. The number of aromatic nitrogens is 4. The highest BCUT2D eigenvalue weighted by Gasteiger charge is 2.36. The molecule has 6 rings (SSSR count). The molecule has 0 amide bonds. The molecule has 8 nitrogen and oxygen atoms in total. The molecule has 0 aliphatic carbocycles. The van der Waals surface area contributed by atoms with Crippen LogP contribution >= 0.6 is 0 Å². The van der Waals surface area contributed by atoms with E-state index in [1.54, 1.807) is 26.4 Å². The smallest absolute Gasteiger partial charge is 0.344 e. The number of methoxy groups -OCH3 is 1. The number of H-pyrrole nitrogens is 3. The Bertz CT molecular complexity index is 1630. The van der Waals surface area contributed by atoms with Gasteiger partial charge < -0.3 is 29.0 Å². The van der Waals surface area contributed by atoms with Gasteiger partial charge in [-0.25, -0.2) is 4.79 Å². The number of esters is 1. The number of fused-ring (bicyclic) bond motifs is 3. The van der Waals surface area contributed by atoms with Gasteiger partial charge in [0, 0.05) is 29.8 Å². The first kappa shape index (κ1) is 22.7. The first-order valence-corrected chi connectivity index (χ1v) is 12.2. The summed E-state index contributed by atoms with van der Waals surface area (Å²) in [5.74, 6) is 0.0336. The normalized spacial score (nSPS) is 14.2. The van der Waals surface area contributed by atoms with Gasteiger partial charge in [-0.3, -0.25) is 4.79 Å². The zero-order valence-corrected chi connectivity index (χ0v) is 20.5. The van der Waals surface area contributed by atoms with Crippen molar-refractivity contribution in [2.75, 3.05) is 13.7 Å². The van der Waals surface area contributed by atoms with E-state index in [4.69, 9.17) is 9.47 Å². The fraction of sp³-hybridized carbons (Fsp3) is 0.172. The van der Waals surface area contributed by atoms with E-state index in [9.17, 15) is 9.59 Å². The summed E-state index contributed by atoms with van der Waals surface area (Å²) in [4.78, 5) is 37.6. The average molecular weight is 495 g/mol. The minimum Gasteiger partial charge on any atom is -0.497 e. The van der Waals surface area contributed by atoms with E-state index < -0.39 is 11.4 Å². The number of pyridine rings is 1. The van der Waals surface area contributed by atoms with E-state index in [1.165, 1.54) is 0 Å². The Labute approximate surface area is 212 Å². The highest BCUT2D eigenvalue weighted by molar-refractivity contribution is 6.00. The summed E-state index contributed by atoms with van der Waals surface area (Å²) in [7, 11) is 1.62. The molecule has 0 spiro atoms. The number of hydrogen-bond donors (Lipinski definition) is 3. The number of benzene rings is 1. The van der Waals surface area contributed by atoms with Crippen molar-refractivity contribution in [3.63, 3.8) is 0 Å². The van der Waals surface area contributed by atoms with Crippen LogP contribution in [-0.2, 0) is 11.2 Å². The van der Waals surface area contributed by atoms with Gasteiger partial charge >= 0.3 is 5.97 Å². The van der Waals surface area contributed by atoms with Crippen LogP contribution in [-0.4, -0.2) is 39.2 Å². The zero-order valence-electron chi connectivity index (χ0n) is 20.5. The van der Waals surface area contributed by atoms with Gasteiger partial charge in [-0.2, -0.15) is 0 Å². The Hall–Kier alpha value is -4.72. The lowest BCUT2D eigenvalue weighted by Gasteiger charge is -2.35. The maximum atomic E-state index is 14.3. The Morgan fingerprint density at radius 1 is 0.973 bits per heavy atom. The topological polar surface area (TPSA) is 105 Å². The van der Waals surface area contributed by atoms with E-state index in [0.29, 0.717) is 40.5 Å². The van der Waals surface area contributed by atoms with Crippen LogP contribution in [0.1, 0.15) is 34.6 Å². The molecule has 0 radical (unpaired) electrons. The zero-order chi connectivity index (χ0) is 25.5. The fourth-order valence-electron chi connectivity index (χ4n) is 5.32. The second kappa shape index (κ2) is 9.05. The lowest BCUT2D eigenvalue weighted by atomic mass is 9.86. The molecular weight excluding hydrogens is 468 g/mol. The standard InChI is InChI=1S/C29H26N4O4/c1-3-37-29(35)25-27(22-9-6-14-32-22)33-23(20-7-4-12-30-20)15-17-10-11-18(36-2)16-19(17)26(33)24(28(25)34)21-8-5-13-31-21/h4-14,16,23,30-32H,3,15H2,1-2H3. The van der Waals surface area contributed by atoms with Crippen LogP contribution in [0.15, 0.2) is 78.0 Å². The molecule has 0 bridgehead atoms. The van der Waals surface area contributed by atoms with Crippen molar-refractivity contribution < 1.29 is 14.3 Å². The van der Waals surface area contributed by atoms with Crippen molar-refractivity contribution in [3.05, 3.63) is 100 Å². The molecular formula is C29H26N4O4. The van der Waals surface area contributed by atoms with E-state index in [2.05, 4.69) is 19.5 Å². The van der Waals surface area contributed by atoms with Crippen LogP contribution in [0.25, 0.3) is 33.9 Å². The highest BCUT2D eigenvalue weighted by Crippen LogP contribution is 2.45.